The fourth-order valence-corrected chi connectivity index (χ4v) is 7.51. The van der Waals surface area contributed by atoms with Crippen molar-refractivity contribution in [2.75, 3.05) is 19.6 Å². The highest BCUT2D eigenvalue weighted by Gasteiger charge is 2.36. The number of hydrogen-bond acceptors (Lipinski definition) is 6. The Morgan fingerprint density at radius 1 is 0.909 bits per heavy atom. The highest BCUT2D eigenvalue weighted by Crippen LogP contribution is 2.28. The second-order valence-electron chi connectivity index (χ2n) is 14.3. The van der Waals surface area contributed by atoms with Crippen LogP contribution in [-0.4, -0.2) is 82.4 Å². The van der Waals surface area contributed by atoms with Crippen LogP contribution in [0.15, 0.2) is 121 Å². The standard InChI is InChI=1S/C43H51N9O3/c1-29(53)49-40(25-35-26-46-28-48-35)41(54)51-39(24-30-18-19-31-11-8-9-16-34(31)23-30)37-20-22-52(42(55)38(50-37)17-10-21-47-43(44)45)27-36(32-12-4-2-5-13-32)33-14-6-3-7-15-33/h2-9,11-16,18-19,23,26,28,36-40,50H,10,17,20-22,24-25,27H2,1H3,(H,46,48)(H,49,53)(H,51,54)(H4,44,45,47). The molecule has 12 nitrogen and oxygen atoms in total. The summed E-state index contributed by atoms with van der Waals surface area (Å²) in [6.07, 6.45) is 5.59. The molecule has 12 heteroatoms. The number of fused-ring (bicyclic) bond motifs is 1. The summed E-state index contributed by atoms with van der Waals surface area (Å²) in [5.41, 5.74) is 15.3. The number of carbonyl (C=O) groups excluding carboxylic acids is 3. The zero-order valence-electron chi connectivity index (χ0n) is 31.2. The van der Waals surface area contributed by atoms with E-state index in [0.717, 1.165) is 33.2 Å². The number of nitrogens with one attached hydrogen (secondary N) is 4. The Balaban J connectivity index is 1.32. The number of imidazole rings is 1. The van der Waals surface area contributed by atoms with Gasteiger partial charge in [-0.1, -0.05) is 103 Å². The summed E-state index contributed by atoms with van der Waals surface area (Å²) in [7, 11) is 0. The number of guanidine groups is 1. The van der Waals surface area contributed by atoms with Gasteiger partial charge in [-0.3, -0.25) is 19.4 Å². The zero-order valence-corrected chi connectivity index (χ0v) is 31.2. The van der Waals surface area contributed by atoms with Gasteiger partial charge >= 0.3 is 0 Å². The molecule has 4 unspecified atom stereocenters. The molecule has 4 aromatic carbocycles. The van der Waals surface area contributed by atoms with Gasteiger partial charge in [0.1, 0.15) is 6.04 Å². The summed E-state index contributed by atoms with van der Waals surface area (Å²) in [5, 5.41) is 12.1. The Kier molecular flexibility index (Phi) is 13.3. The Morgan fingerprint density at radius 3 is 2.25 bits per heavy atom. The highest BCUT2D eigenvalue weighted by molar-refractivity contribution is 5.87. The molecule has 6 rings (SSSR count). The predicted molar refractivity (Wildman–Crippen MR) is 216 cm³/mol. The number of nitrogens with two attached hydrogens (primary N) is 2. The van der Waals surface area contributed by atoms with Crippen LogP contribution in [0.1, 0.15) is 54.5 Å². The van der Waals surface area contributed by atoms with E-state index in [2.05, 4.69) is 85.5 Å². The summed E-state index contributed by atoms with van der Waals surface area (Å²) in [6, 6.07) is 32.9. The van der Waals surface area contributed by atoms with Gasteiger partial charge in [-0.2, -0.15) is 0 Å². The van der Waals surface area contributed by atoms with Gasteiger partial charge in [0.15, 0.2) is 5.96 Å². The molecule has 0 spiro atoms. The van der Waals surface area contributed by atoms with E-state index in [-0.39, 0.29) is 42.1 Å². The first-order chi connectivity index (χ1) is 26.7. The van der Waals surface area contributed by atoms with Crippen molar-refractivity contribution in [3.8, 4) is 0 Å². The van der Waals surface area contributed by atoms with Crippen LogP contribution in [0.5, 0.6) is 0 Å². The van der Waals surface area contributed by atoms with Gasteiger partial charge in [0.2, 0.25) is 17.7 Å². The van der Waals surface area contributed by atoms with Gasteiger partial charge in [-0.05, 0) is 53.1 Å². The lowest BCUT2D eigenvalue weighted by atomic mass is 9.90. The molecule has 4 atom stereocenters. The summed E-state index contributed by atoms with van der Waals surface area (Å²) < 4.78 is 0. The highest BCUT2D eigenvalue weighted by atomic mass is 16.2. The van der Waals surface area contributed by atoms with Crippen LogP contribution in [0.2, 0.25) is 0 Å². The van der Waals surface area contributed by atoms with Gasteiger partial charge in [0.05, 0.1) is 12.4 Å². The predicted octanol–water partition coefficient (Wildman–Crippen LogP) is 3.78. The molecule has 0 saturated carbocycles. The van der Waals surface area contributed by atoms with E-state index < -0.39 is 18.1 Å². The van der Waals surface area contributed by atoms with Crippen molar-refractivity contribution in [2.24, 2.45) is 16.5 Å². The summed E-state index contributed by atoms with van der Waals surface area (Å²) >= 11 is 0. The molecule has 1 aliphatic rings. The minimum absolute atomic E-state index is 0.00443. The Hall–Kier alpha value is -6.01. The van der Waals surface area contributed by atoms with Gasteiger partial charge in [0, 0.05) is 62.9 Å². The number of rotatable bonds is 16. The monoisotopic (exact) mass is 741 g/mol. The number of nitrogens with zero attached hydrogens (tertiary/aromatic N) is 3. The minimum Gasteiger partial charge on any atom is -0.370 e. The molecule has 3 amide bonds. The molecule has 1 saturated heterocycles. The van der Waals surface area contributed by atoms with Crippen LogP contribution in [0, 0.1) is 0 Å². The molecule has 55 heavy (non-hydrogen) atoms. The number of amides is 3. The van der Waals surface area contributed by atoms with Gasteiger partial charge in [-0.15, -0.1) is 0 Å². The average Bonchev–Trinajstić information content (AvgIpc) is 3.65. The van der Waals surface area contributed by atoms with Crippen molar-refractivity contribution in [2.45, 2.75) is 69.1 Å². The Bertz CT molecular complexity index is 2000. The Morgan fingerprint density at radius 2 is 1.60 bits per heavy atom. The molecule has 8 N–H and O–H groups in total. The minimum atomic E-state index is -0.839. The summed E-state index contributed by atoms with van der Waals surface area (Å²) in [4.78, 5) is 54.4. The molecule has 1 fully saturated rings. The molecule has 1 aliphatic heterocycles. The van der Waals surface area contributed by atoms with E-state index >= 15 is 0 Å². The van der Waals surface area contributed by atoms with Crippen molar-refractivity contribution in [1.82, 2.24) is 30.8 Å². The lowest BCUT2D eigenvalue weighted by Crippen LogP contribution is -2.58. The number of aliphatic imine (C=N–C) groups is 1. The zero-order chi connectivity index (χ0) is 38.6. The quantitative estimate of drug-likeness (QED) is 0.0505. The van der Waals surface area contributed by atoms with Crippen LogP contribution in [0.25, 0.3) is 10.8 Å². The molecule has 1 aromatic heterocycles. The molecule has 2 heterocycles. The first-order valence-corrected chi connectivity index (χ1v) is 19.0. The molecular formula is C43H51N9O3. The SMILES string of the molecule is CC(=O)NC(Cc1cnc[nH]1)C(=O)NC(Cc1ccc2ccccc2c1)C1CCN(CC(c2ccccc2)c2ccccc2)C(=O)C(CCCN=C(N)N)N1. The second-order valence-corrected chi connectivity index (χ2v) is 14.3. The number of hydrogen-bond donors (Lipinski definition) is 6. The van der Waals surface area contributed by atoms with Crippen LogP contribution in [0.4, 0.5) is 0 Å². The first-order valence-electron chi connectivity index (χ1n) is 19.0. The average molecular weight is 742 g/mol. The maximum absolute atomic E-state index is 14.6. The van der Waals surface area contributed by atoms with Crippen molar-refractivity contribution < 1.29 is 14.4 Å². The largest absolute Gasteiger partial charge is 0.370 e. The Labute approximate surface area is 322 Å². The number of aromatic nitrogens is 2. The molecule has 0 bridgehead atoms. The van der Waals surface area contributed by atoms with Crippen LogP contribution < -0.4 is 27.4 Å². The van der Waals surface area contributed by atoms with Crippen LogP contribution in [0.3, 0.4) is 0 Å². The molecule has 0 radical (unpaired) electrons. The van der Waals surface area contributed by atoms with E-state index in [4.69, 9.17) is 11.5 Å². The van der Waals surface area contributed by atoms with Gasteiger partial charge in [0.25, 0.3) is 0 Å². The van der Waals surface area contributed by atoms with E-state index in [1.165, 1.54) is 6.92 Å². The molecular weight excluding hydrogens is 691 g/mol. The summed E-state index contributed by atoms with van der Waals surface area (Å²) in [5.74, 6) is -0.668. The second kappa shape index (κ2) is 18.8. The third kappa shape index (κ3) is 10.8. The number of carbonyl (C=O) groups is 3. The van der Waals surface area contributed by atoms with Crippen LogP contribution >= 0.6 is 0 Å². The number of benzene rings is 4. The lowest BCUT2D eigenvalue weighted by Gasteiger charge is -2.31. The summed E-state index contributed by atoms with van der Waals surface area (Å²) in [6.45, 7) is 2.75. The van der Waals surface area contributed by atoms with Crippen LogP contribution in [-0.2, 0) is 27.2 Å². The first kappa shape index (κ1) is 38.7. The van der Waals surface area contributed by atoms with Gasteiger partial charge < -0.3 is 37.3 Å². The normalized spacial score (nSPS) is 17.0. The smallest absolute Gasteiger partial charge is 0.243 e. The molecule has 0 aliphatic carbocycles. The van der Waals surface area contributed by atoms with E-state index in [1.807, 2.05) is 53.4 Å². The van der Waals surface area contributed by atoms with E-state index in [1.54, 1.807) is 12.5 Å². The third-order valence-corrected chi connectivity index (χ3v) is 10.2. The van der Waals surface area contributed by atoms with E-state index in [0.29, 0.717) is 45.3 Å². The van der Waals surface area contributed by atoms with E-state index in [9.17, 15) is 14.4 Å². The van der Waals surface area contributed by atoms with Crippen molar-refractivity contribution in [3.05, 3.63) is 138 Å². The van der Waals surface area contributed by atoms with Gasteiger partial charge in [-0.25, -0.2) is 4.98 Å². The number of H-pyrrole nitrogens is 1. The molecule has 286 valence electrons. The fraction of sp³-hybridized carbons (Fsp3) is 0.326. The molecule has 5 aromatic rings. The van der Waals surface area contributed by atoms with Crippen molar-refractivity contribution in [3.63, 3.8) is 0 Å². The maximum atomic E-state index is 14.6. The third-order valence-electron chi connectivity index (χ3n) is 10.2. The van der Waals surface area contributed by atoms with Crippen molar-refractivity contribution in [1.29, 1.82) is 0 Å². The fourth-order valence-electron chi connectivity index (χ4n) is 7.51. The van der Waals surface area contributed by atoms with Crippen molar-refractivity contribution >= 4 is 34.5 Å². The topological polar surface area (TPSA) is 184 Å². The number of aromatic amines is 1. The maximum Gasteiger partial charge on any atom is 0.243 e. The lowest BCUT2D eigenvalue weighted by molar-refractivity contribution is -0.133.